The van der Waals surface area contributed by atoms with E-state index in [1.165, 1.54) is 25.7 Å². The molecule has 9 nitrogen and oxygen atoms in total. The first-order valence-electron chi connectivity index (χ1n) is 12.5. The number of nitrogens with one attached hydrogen (secondary N) is 1. The Morgan fingerprint density at radius 2 is 1.43 bits per heavy atom. The van der Waals surface area contributed by atoms with Crippen LogP contribution in [0.5, 0.6) is 0 Å². The van der Waals surface area contributed by atoms with Crippen LogP contribution >= 0.6 is 7.82 Å². The number of hydrogen-bond acceptors (Lipinski definition) is 9. The number of ether oxygens (including phenoxy) is 2. The molecular formula is C23H44NNa2O8P. The van der Waals surface area contributed by atoms with E-state index < -0.39 is 26.5 Å². The van der Waals surface area contributed by atoms with Crippen molar-refractivity contribution in [1.82, 2.24) is 5.32 Å². The van der Waals surface area contributed by atoms with Crippen molar-refractivity contribution < 1.29 is 97.1 Å². The third-order valence-electron chi connectivity index (χ3n) is 5.26. The number of phosphoric acid groups is 1. The summed E-state index contributed by atoms with van der Waals surface area (Å²) in [6.45, 7) is 3.60. The van der Waals surface area contributed by atoms with E-state index in [0.717, 1.165) is 64.2 Å². The average molecular weight is 540 g/mol. The van der Waals surface area contributed by atoms with E-state index in [1.54, 1.807) is 0 Å². The van der Waals surface area contributed by atoms with Crippen molar-refractivity contribution in [2.45, 2.75) is 109 Å². The van der Waals surface area contributed by atoms with Gasteiger partial charge in [-0.15, -0.1) is 0 Å². The van der Waals surface area contributed by atoms with Gasteiger partial charge in [0.05, 0.1) is 21.0 Å². The Kier molecular flexibility index (Phi) is 34.2. The third kappa shape index (κ3) is 33.0. The number of hydrogen-bond donors (Lipinski definition) is 1. The van der Waals surface area contributed by atoms with Gasteiger partial charge >= 0.3 is 65.1 Å². The maximum Gasteiger partial charge on any atom is 1.00 e. The zero-order valence-corrected chi connectivity index (χ0v) is 27.2. The molecule has 0 aromatic carbocycles. The first kappa shape index (κ1) is 40.5. The minimum Gasteiger partial charge on any atom is -0.790 e. The fraction of sp³-hybridized carbons (Fsp3) is 0.913. The smallest absolute Gasteiger partial charge is 0.790 e. The molecule has 0 aliphatic heterocycles. The van der Waals surface area contributed by atoms with E-state index >= 15 is 0 Å². The number of unbranched alkanes of at least 4 members (excludes halogenated alkanes) is 12. The molecule has 0 aliphatic rings. The van der Waals surface area contributed by atoms with E-state index in [0.29, 0.717) is 19.6 Å². The molecule has 0 heterocycles. The van der Waals surface area contributed by atoms with Crippen LogP contribution in [0, 0.1) is 0 Å². The first-order valence-corrected chi connectivity index (χ1v) is 14.0. The van der Waals surface area contributed by atoms with Crippen LogP contribution < -0.4 is 74.2 Å². The summed E-state index contributed by atoms with van der Waals surface area (Å²) in [7, 11) is -5.12. The van der Waals surface area contributed by atoms with Gasteiger partial charge < -0.3 is 33.7 Å². The van der Waals surface area contributed by atoms with Crippen molar-refractivity contribution in [3.05, 3.63) is 0 Å². The van der Waals surface area contributed by atoms with Crippen LogP contribution in [0.2, 0.25) is 0 Å². The molecule has 196 valence electrons. The summed E-state index contributed by atoms with van der Waals surface area (Å²) in [6, 6.07) is 0. The van der Waals surface area contributed by atoms with E-state index in [4.69, 9.17) is 4.74 Å². The van der Waals surface area contributed by atoms with E-state index in [-0.39, 0.29) is 72.1 Å². The Bertz CT molecular complexity index is 526. The normalized spacial score (nSPS) is 11.7. The van der Waals surface area contributed by atoms with Gasteiger partial charge in [0.1, 0.15) is 6.10 Å². The summed E-state index contributed by atoms with van der Waals surface area (Å²) in [5.74, 6) is -0.399. The number of esters is 1. The first-order chi connectivity index (χ1) is 15.9. The minimum absolute atomic E-state index is 0. The molecule has 0 amide bonds. The van der Waals surface area contributed by atoms with Crippen molar-refractivity contribution in [1.29, 1.82) is 0 Å². The van der Waals surface area contributed by atoms with Crippen molar-refractivity contribution in [2.75, 3.05) is 26.3 Å². The Labute approximate surface area is 256 Å². The van der Waals surface area contributed by atoms with Gasteiger partial charge in [-0.1, -0.05) is 77.6 Å². The summed E-state index contributed by atoms with van der Waals surface area (Å²) in [5, 5.41) is 3.15. The molecule has 1 N–H and O–H groups in total. The van der Waals surface area contributed by atoms with Crippen LogP contribution in [0.15, 0.2) is 0 Å². The predicted molar refractivity (Wildman–Crippen MR) is 123 cm³/mol. The van der Waals surface area contributed by atoms with Crippen LogP contribution in [0.25, 0.3) is 0 Å². The Morgan fingerprint density at radius 1 is 0.886 bits per heavy atom. The summed E-state index contributed by atoms with van der Waals surface area (Å²) in [6.07, 6.45) is 14.3. The predicted octanol–water partition coefficient (Wildman–Crippen LogP) is -2.61. The van der Waals surface area contributed by atoms with Crippen molar-refractivity contribution in [3.8, 4) is 0 Å². The molecular weight excluding hydrogens is 495 g/mol. The van der Waals surface area contributed by atoms with Crippen LogP contribution in [0.4, 0.5) is 0 Å². The quantitative estimate of drug-likeness (QED) is 0.0435. The Hall–Kier alpha value is 1.01. The molecule has 0 rings (SSSR count). The second-order valence-electron chi connectivity index (χ2n) is 8.37. The molecule has 0 aromatic heterocycles. The third-order valence-corrected chi connectivity index (χ3v) is 5.72. The van der Waals surface area contributed by atoms with Gasteiger partial charge in [-0.25, -0.2) is 0 Å². The van der Waals surface area contributed by atoms with Crippen molar-refractivity contribution >= 4 is 20.3 Å². The SMILES string of the molecule is CCCCCCCCCC(=O)O[C@@H](CNCCCCCCCCCOC=O)COP(=O)([O-])[O-].[Na+].[Na+]. The molecule has 0 spiro atoms. The monoisotopic (exact) mass is 539 g/mol. The summed E-state index contributed by atoms with van der Waals surface area (Å²) >= 11 is 0. The van der Waals surface area contributed by atoms with Crippen LogP contribution in [0.1, 0.15) is 103 Å². The maximum atomic E-state index is 12.1. The van der Waals surface area contributed by atoms with Crippen molar-refractivity contribution in [2.24, 2.45) is 0 Å². The molecule has 1 atom stereocenters. The van der Waals surface area contributed by atoms with Gasteiger partial charge in [-0.05, 0) is 25.8 Å². The Morgan fingerprint density at radius 3 is 2.00 bits per heavy atom. The van der Waals surface area contributed by atoms with E-state index in [2.05, 4.69) is 21.5 Å². The van der Waals surface area contributed by atoms with Gasteiger partial charge in [0, 0.05) is 13.0 Å². The molecule has 0 radical (unpaired) electrons. The standard InChI is InChI=1S/C23H46NO8P.2Na/c1-2-3-4-5-7-10-13-16-23(26)32-22(20-31-33(27,28)29)19-24-17-14-11-8-6-9-12-15-18-30-21-25;;/h21-22,24H,2-20H2,1H3,(H2,27,28,29);;/q;2*+1/p-2/t22-;;/m0../s1. The molecule has 0 bridgehead atoms. The van der Waals surface area contributed by atoms with Crippen LogP contribution in [-0.2, 0) is 28.2 Å². The summed E-state index contributed by atoms with van der Waals surface area (Å²) < 4.78 is 25.1. The fourth-order valence-electron chi connectivity index (χ4n) is 3.41. The molecule has 0 unspecified atom stereocenters. The number of carbonyl (C=O) groups excluding carboxylic acids is 2. The van der Waals surface area contributed by atoms with Crippen molar-refractivity contribution in [3.63, 3.8) is 0 Å². The number of rotatable bonds is 25. The Balaban J connectivity index is -0.00000512. The molecule has 0 saturated heterocycles. The van der Waals surface area contributed by atoms with Gasteiger partial charge in [-0.2, -0.15) is 0 Å². The second-order valence-corrected chi connectivity index (χ2v) is 9.52. The summed E-state index contributed by atoms with van der Waals surface area (Å²) in [5.41, 5.74) is 0. The van der Waals surface area contributed by atoms with Gasteiger partial charge in [-0.3, -0.25) is 9.59 Å². The second kappa shape index (κ2) is 29.6. The number of carbonyl (C=O) groups is 2. The van der Waals surface area contributed by atoms with E-state index in [1.807, 2.05) is 0 Å². The zero-order chi connectivity index (χ0) is 24.6. The topological polar surface area (TPSA) is 137 Å². The fourth-order valence-corrected chi connectivity index (χ4v) is 3.76. The summed E-state index contributed by atoms with van der Waals surface area (Å²) in [4.78, 5) is 43.7. The molecule has 0 fully saturated rings. The van der Waals surface area contributed by atoms with Gasteiger partial charge in [0.25, 0.3) is 6.47 Å². The minimum atomic E-state index is -5.12. The zero-order valence-electron chi connectivity index (χ0n) is 22.3. The molecule has 0 aromatic rings. The van der Waals surface area contributed by atoms with Crippen LogP contribution in [-0.4, -0.2) is 44.8 Å². The maximum absolute atomic E-state index is 12.1. The van der Waals surface area contributed by atoms with Crippen LogP contribution in [0.3, 0.4) is 0 Å². The van der Waals surface area contributed by atoms with E-state index in [9.17, 15) is 23.9 Å². The van der Waals surface area contributed by atoms with Gasteiger partial charge in [0.2, 0.25) is 0 Å². The molecule has 0 saturated carbocycles. The molecule has 12 heteroatoms. The average Bonchev–Trinajstić information content (AvgIpc) is 2.76. The molecule has 35 heavy (non-hydrogen) atoms. The largest absolute Gasteiger partial charge is 1.00 e. The number of phosphoric ester groups is 1. The molecule has 0 aliphatic carbocycles. The van der Waals surface area contributed by atoms with Gasteiger partial charge in [0.15, 0.2) is 0 Å².